The lowest BCUT2D eigenvalue weighted by Gasteiger charge is -2.30. The Hall–Kier alpha value is -3.26. The number of fused-ring (bicyclic) bond motifs is 2. The average molecular weight is 487 g/mol. The molecule has 0 saturated heterocycles. The molecule has 0 radical (unpaired) electrons. The molecule has 1 aromatic heterocycles. The van der Waals surface area contributed by atoms with E-state index in [1.54, 1.807) is 25.2 Å². The third kappa shape index (κ3) is 5.07. The minimum Gasteiger partial charge on any atom is -0.355 e. The monoisotopic (exact) mass is 486 g/mol. The number of hydrogen-bond acceptors (Lipinski definition) is 5. The zero-order valence-electron chi connectivity index (χ0n) is 20.1. The summed E-state index contributed by atoms with van der Waals surface area (Å²) in [6.45, 7) is 4.90. The van der Waals surface area contributed by atoms with Crippen LogP contribution in [0.3, 0.4) is 0 Å². The Morgan fingerprint density at radius 1 is 0.971 bits per heavy atom. The van der Waals surface area contributed by atoms with Gasteiger partial charge < -0.3 is 5.32 Å². The molecule has 180 valence electrons. The van der Waals surface area contributed by atoms with Crippen molar-refractivity contribution < 1.29 is 8.42 Å². The number of anilines is 2. The molecule has 1 aliphatic heterocycles. The number of para-hydroxylation sites is 1. The van der Waals surface area contributed by atoms with Crippen LogP contribution in [-0.4, -0.2) is 49.3 Å². The predicted octanol–water partition coefficient (Wildman–Crippen LogP) is 4.97. The maximum Gasteiger partial charge on any atom is 0.242 e. The molecule has 1 aliphatic rings. The van der Waals surface area contributed by atoms with Gasteiger partial charge >= 0.3 is 0 Å². The number of aryl methyl sites for hydroxylation is 1. The van der Waals surface area contributed by atoms with Gasteiger partial charge in [-0.25, -0.2) is 8.42 Å². The van der Waals surface area contributed by atoms with Crippen LogP contribution in [0.5, 0.6) is 0 Å². The van der Waals surface area contributed by atoms with Crippen molar-refractivity contribution in [3.63, 3.8) is 0 Å². The minimum absolute atomic E-state index is 0.282. The molecule has 0 fully saturated rings. The van der Waals surface area contributed by atoms with Crippen molar-refractivity contribution in [2.45, 2.75) is 24.8 Å². The van der Waals surface area contributed by atoms with Crippen LogP contribution >= 0.6 is 0 Å². The second-order valence-corrected chi connectivity index (χ2v) is 11.1. The molecule has 3 aromatic carbocycles. The fraction of sp³-hybridized carbons (Fsp3) is 0.250. The highest BCUT2D eigenvalue weighted by molar-refractivity contribution is 7.89. The van der Waals surface area contributed by atoms with Crippen LogP contribution in [0.2, 0.25) is 0 Å². The molecule has 1 N–H and O–H groups in total. The molecule has 0 bridgehead atoms. The van der Waals surface area contributed by atoms with Crippen molar-refractivity contribution in [3.8, 4) is 0 Å². The van der Waals surface area contributed by atoms with Gasteiger partial charge in [-0.1, -0.05) is 48.5 Å². The molecular formula is C28H30N4O2S. The van der Waals surface area contributed by atoms with Crippen LogP contribution in [-0.2, 0) is 23.0 Å². The van der Waals surface area contributed by atoms with E-state index in [4.69, 9.17) is 0 Å². The lowest BCUT2D eigenvalue weighted by molar-refractivity contribution is 0.240. The summed E-state index contributed by atoms with van der Waals surface area (Å²) < 4.78 is 28.1. The zero-order chi connectivity index (χ0) is 24.4. The highest BCUT2D eigenvalue weighted by Gasteiger charge is 2.23. The molecule has 0 unspecified atom stereocenters. The summed E-state index contributed by atoms with van der Waals surface area (Å²) in [5, 5.41) is 4.39. The van der Waals surface area contributed by atoms with Crippen LogP contribution < -0.4 is 5.32 Å². The van der Waals surface area contributed by atoms with E-state index in [0.29, 0.717) is 13.1 Å². The highest BCUT2D eigenvalue weighted by atomic mass is 32.2. The SMILES string of the molecule is Cc1cc(Nc2cccc(S(=O)(=O)N(C)CCN3CCc4ccccc4C3)c2)c2ccccc2n1. The molecule has 6 nitrogen and oxygen atoms in total. The molecular weight excluding hydrogens is 456 g/mol. The fourth-order valence-corrected chi connectivity index (χ4v) is 5.84. The van der Waals surface area contributed by atoms with Gasteiger partial charge in [0.15, 0.2) is 0 Å². The summed E-state index contributed by atoms with van der Waals surface area (Å²) in [5.41, 5.74) is 6.16. The number of sulfonamides is 1. The van der Waals surface area contributed by atoms with Gasteiger partial charge in [0.1, 0.15) is 0 Å². The Balaban J connectivity index is 1.29. The van der Waals surface area contributed by atoms with Crippen LogP contribution in [0, 0.1) is 6.92 Å². The summed E-state index contributed by atoms with van der Waals surface area (Å²) >= 11 is 0. The van der Waals surface area contributed by atoms with E-state index in [9.17, 15) is 8.42 Å². The number of rotatable bonds is 7. The van der Waals surface area contributed by atoms with Crippen LogP contribution in [0.4, 0.5) is 11.4 Å². The van der Waals surface area contributed by atoms with E-state index >= 15 is 0 Å². The third-order valence-electron chi connectivity index (χ3n) is 6.61. The van der Waals surface area contributed by atoms with Crippen LogP contribution in [0.25, 0.3) is 10.9 Å². The van der Waals surface area contributed by atoms with E-state index in [1.807, 2.05) is 43.3 Å². The third-order valence-corrected chi connectivity index (χ3v) is 8.46. The van der Waals surface area contributed by atoms with Crippen LogP contribution in [0.1, 0.15) is 16.8 Å². The fourth-order valence-electron chi connectivity index (χ4n) is 4.63. The van der Waals surface area contributed by atoms with Gasteiger partial charge in [0, 0.05) is 55.7 Å². The number of hydrogen-bond donors (Lipinski definition) is 1. The first-order valence-corrected chi connectivity index (χ1v) is 13.3. The Morgan fingerprint density at radius 3 is 2.60 bits per heavy atom. The van der Waals surface area contributed by atoms with Gasteiger partial charge in [-0.3, -0.25) is 9.88 Å². The molecule has 0 spiro atoms. The first-order valence-electron chi connectivity index (χ1n) is 11.9. The van der Waals surface area contributed by atoms with Gasteiger partial charge in [0.05, 0.1) is 10.4 Å². The van der Waals surface area contributed by atoms with Crippen molar-refractivity contribution in [2.24, 2.45) is 0 Å². The number of nitrogens with zero attached hydrogens (tertiary/aromatic N) is 3. The molecule has 7 heteroatoms. The standard InChI is InChI=1S/C28H30N4O2S/c1-21-18-28(26-12-5-6-13-27(26)29-21)30-24-10-7-11-25(19-24)35(33,34)31(2)16-17-32-15-14-22-8-3-4-9-23(22)20-32/h3-13,18-19H,14-17,20H2,1-2H3,(H,29,30). The second kappa shape index (κ2) is 9.77. The van der Waals surface area contributed by atoms with E-state index in [1.165, 1.54) is 15.4 Å². The number of benzene rings is 3. The minimum atomic E-state index is -3.61. The molecule has 35 heavy (non-hydrogen) atoms. The molecule has 0 atom stereocenters. The van der Waals surface area contributed by atoms with Crippen molar-refractivity contribution >= 4 is 32.3 Å². The summed E-state index contributed by atoms with van der Waals surface area (Å²) in [6, 6.07) is 25.4. The summed E-state index contributed by atoms with van der Waals surface area (Å²) in [6.07, 6.45) is 1.00. The Morgan fingerprint density at radius 2 is 1.74 bits per heavy atom. The average Bonchev–Trinajstić information content (AvgIpc) is 2.87. The highest BCUT2D eigenvalue weighted by Crippen LogP contribution is 2.28. The van der Waals surface area contributed by atoms with Crippen molar-refractivity contribution in [3.05, 3.63) is 95.7 Å². The quantitative estimate of drug-likeness (QED) is 0.400. The largest absolute Gasteiger partial charge is 0.355 e. The van der Waals surface area contributed by atoms with E-state index in [0.717, 1.165) is 47.5 Å². The van der Waals surface area contributed by atoms with Crippen molar-refractivity contribution in [1.82, 2.24) is 14.2 Å². The molecule has 2 heterocycles. The topological polar surface area (TPSA) is 65.5 Å². The zero-order valence-corrected chi connectivity index (χ0v) is 20.9. The van der Waals surface area contributed by atoms with Gasteiger partial charge in [-0.05, 0) is 54.8 Å². The maximum atomic E-state index is 13.3. The lowest BCUT2D eigenvalue weighted by atomic mass is 10.00. The Labute approximate surface area is 207 Å². The summed E-state index contributed by atoms with van der Waals surface area (Å²) in [7, 11) is -1.95. The van der Waals surface area contributed by atoms with Crippen LogP contribution in [0.15, 0.2) is 83.8 Å². The van der Waals surface area contributed by atoms with Crippen molar-refractivity contribution in [1.29, 1.82) is 0 Å². The molecule has 5 rings (SSSR count). The van der Waals surface area contributed by atoms with Gasteiger partial charge in [-0.2, -0.15) is 4.31 Å². The first-order chi connectivity index (χ1) is 16.9. The van der Waals surface area contributed by atoms with Gasteiger partial charge in [0.25, 0.3) is 0 Å². The maximum absolute atomic E-state index is 13.3. The summed E-state index contributed by atoms with van der Waals surface area (Å²) in [5.74, 6) is 0. The lowest BCUT2D eigenvalue weighted by Crippen LogP contribution is -2.38. The second-order valence-electron chi connectivity index (χ2n) is 9.10. The molecule has 0 aliphatic carbocycles. The summed E-state index contributed by atoms with van der Waals surface area (Å²) in [4.78, 5) is 7.19. The van der Waals surface area contributed by atoms with Gasteiger partial charge in [-0.15, -0.1) is 0 Å². The normalized spacial score (nSPS) is 14.3. The van der Waals surface area contributed by atoms with Gasteiger partial charge in [0.2, 0.25) is 10.0 Å². The van der Waals surface area contributed by atoms with Crippen molar-refractivity contribution in [2.75, 3.05) is 32.0 Å². The van der Waals surface area contributed by atoms with E-state index < -0.39 is 10.0 Å². The predicted molar refractivity (Wildman–Crippen MR) is 141 cm³/mol. The number of aromatic nitrogens is 1. The number of likely N-dealkylation sites (N-methyl/N-ethyl adjacent to an activating group) is 1. The Bertz CT molecular complexity index is 1470. The smallest absolute Gasteiger partial charge is 0.242 e. The Kier molecular flexibility index (Phi) is 6.56. The molecule has 0 saturated carbocycles. The molecule has 0 amide bonds. The first kappa shape index (κ1) is 23.5. The van der Waals surface area contributed by atoms with E-state index in [2.05, 4.69) is 39.5 Å². The number of nitrogens with one attached hydrogen (secondary N) is 1. The molecule has 4 aromatic rings. The number of pyridine rings is 1. The van der Waals surface area contributed by atoms with E-state index in [-0.39, 0.29) is 4.90 Å².